The molecule has 5 aliphatic heterocycles. The zero-order valence-corrected chi connectivity index (χ0v) is 41.2. The maximum Gasteiger partial charge on any atom is 0.343 e. The number of carbonyl (C=O) groups excluding carboxylic acids is 6. The van der Waals surface area contributed by atoms with Gasteiger partial charge < -0.3 is 35.0 Å². The van der Waals surface area contributed by atoms with Crippen molar-refractivity contribution in [3.8, 4) is 0 Å². The Labute approximate surface area is 415 Å². The lowest BCUT2D eigenvalue weighted by molar-refractivity contribution is -0.143. The number of ether oxygens (including phenoxy) is 1. The molecule has 6 fully saturated rings. The Balaban J connectivity index is 0.618. The van der Waals surface area contributed by atoms with E-state index >= 15 is 0 Å². The minimum absolute atomic E-state index is 0.00850. The summed E-state index contributed by atoms with van der Waals surface area (Å²) in [6, 6.07) is 5.98. The van der Waals surface area contributed by atoms with Crippen molar-refractivity contribution in [1.82, 2.24) is 49.6 Å². The first-order chi connectivity index (χ1) is 34.5. The number of nitrogens with zero attached hydrogens (tertiary/aromatic N) is 10. The summed E-state index contributed by atoms with van der Waals surface area (Å²) in [5, 5.41) is 13.3. The molecule has 2 atom stereocenters. The van der Waals surface area contributed by atoms with Crippen LogP contribution in [0.1, 0.15) is 104 Å². The first-order valence-corrected chi connectivity index (χ1v) is 26.1. The van der Waals surface area contributed by atoms with Gasteiger partial charge in [0, 0.05) is 140 Å². The van der Waals surface area contributed by atoms with Gasteiger partial charge in [-0.25, -0.2) is 9.78 Å². The molecule has 20 heteroatoms. The van der Waals surface area contributed by atoms with E-state index in [1.807, 2.05) is 25.4 Å². The van der Waals surface area contributed by atoms with Crippen molar-refractivity contribution in [2.24, 2.45) is 24.8 Å². The van der Waals surface area contributed by atoms with Gasteiger partial charge in [0.2, 0.25) is 29.6 Å². The Kier molecular flexibility index (Phi) is 14.5. The molecule has 0 spiro atoms. The van der Waals surface area contributed by atoms with E-state index in [4.69, 9.17) is 4.74 Å². The summed E-state index contributed by atoms with van der Waals surface area (Å²) in [5.41, 5.74) is 3.72. The highest BCUT2D eigenvalue weighted by Gasteiger charge is 2.41. The largest absolute Gasteiger partial charge is 0.462 e. The average molecular weight is 976 g/mol. The summed E-state index contributed by atoms with van der Waals surface area (Å²) in [6.07, 6.45) is 13.7. The van der Waals surface area contributed by atoms with E-state index in [9.17, 15) is 28.8 Å². The molecule has 71 heavy (non-hydrogen) atoms. The van der Waals surface area contributed by atoms with Gasteiger partial charge >= 0.3 is 5.97 Å². The predicted octanol–water partition coefficient (Wildman–Crippen LogP) is 3.24. The Morgan fingerprint density at radius 3 is 2.18 bits per heavy atom. The van der Waals surface area contributed by atoms with Crippen LogP contribution in [0.2, 0.25) is 0 Å². The third kappa shape index (κ3) is 10.9. The fourth-order valence-corrected chi connectivity index (χ4v) is 12.2. The maximum absolute atomic E-state index is 13.8. The van der Waals surface area contributed by atoms with Gasteiger partial charge in [-0.3, -0.25) is 43.8 Å². The molecular weight excluding hydrogens is 907 g/mol. The topological polar surface area (TPSA) is 211 Å². The van der Waals surface area contributed by atoms with Gasteiger partial charge in [0.15, 0.2) is 0 Å². The number of carbonyl (C=O) groups is 6. The zero-order valence-electron chi connectivity index (χ0n) is 41.2. The van der Waals surface area contributed by atoms with Crippen LogP contribution in [-0.4, -0.2) is 176 Å². The fraction of sp³-hybridized carbons (Fsp3) is 0.627. The van der Waals surface area contributed by atoms with Crippen LogP contribution in [-0.2, 0) is 37.5 Å². The number of piperidine rings is 1. The van der Waals surface area contributed by atoms with E-state index < -0.39 is 17.9 Å². The first-order valence-electron chi connectivity index (χ1n) is 26.1. The molecule has 4 saturated heterocycles. The third-order valence-electron chi connectivity index (χ3n) is 16.2. The highest BCUT2D eigenvalue weighted by molar-refractivity contribution is 6.05. The third-order valence-corrected chi connectivity index (χ3v) is 16.2. The summed E-state index contributed by atoms with van der Waals surface area (Å²) in [6.45, 7) is 11.7. The average Bonchev–Trinajstić information content (AvgIpc) is 4.12. The van der Waals surface area contributed by atoms with Gasteiger partial charge in [0.1, 0.15) is 17.4 Å². The number of piperazine rings is 2. The smallest absolute Gasteiger partial charge is 0.343 e. The van der Waals surface area contributed by atoms with Crippen molar-refractivity contribution in [3.05, 3.63) is 53.5 Å². The van der Waals surface area contributed by atoms with Crippen molar-refractivity contribution in [2.45, 2.75) is 102 Å². The summed E-state index contributed by atoms with van der Waals surface area (Å²) in [4.78, 5) is 100.0. The minimum Gasteiger partial charge on any atom is -0.462 e. The number of hydrogen-bond acceptors (Lipinski definition) is 15. The molecular formula is C51H69N13O7. The standard InChI is InChI=1S/C51H69N13O7/c1-3-71-50(70)42-28-52-51(55-38-27-53-58(2)32-38)57-45(42)54-37-8-10-39(11-9-37)60-22-24-62(25-23-60)48(68)35-6-4-34(5-7-35)47(67)61-20-18-59(19-21-61)29-33-16-17-63(30-33)40-12-13-41-36(26-40)31-64(49(41)69)43-14-15-44(65)56-46(43)66/h12-13,26-28,32-35,37,39,43H,3-11,14-25,29-31H2,1-2H3,(H,56,65,66)(H2,52,54,55,57)/t33-,34?,35?,37?,39?,43?/m0/s1. The number of fused-ring (bicyclic) bond motifs is 1. The molecule has 2 saturated carbocycles. The highest BCUT2D eigenvalue weighted by atomic mass is 16.5. The van der Waals surface area contributed by atoms with E-state index in [1.54, 1.807) is 22.7 Å². The molecule has 2 aromatic heterocycles. The van der Waals surface area contributed by atoms with Crippen LogP contribution < -0.4 is 20.9 Å². The Morgan fingerprint density at radius 1 is 0.817 bits per heavy atom. The van der Waals surface area contributed by atoms with Crippen LogP contribution in [0.4, 0.5) is 23.1 Å². The summed E-state index contributed by atoms with van der Waals surface area (Å²) < 4.78 is 6.99. The van der Waals surface area contributed by atoms with E-state index in [1.165, 1.54) is 6.20 Å². The van der Waals surface area contributed by atoms with Crippen LogP contribution in [0, 0.1) is 17.8 Å². The number of hydrogen-bond donors (Lipinski definition) is 3. The second-order valence-corrected chi connectivity index (χ2v) is 20.7. The summed E-state index contributed by atoms with van der Waals surface area (Å²) in [7, 11) is 1.83. The lowest BCUT2D eigenvalue weighted by Gasteiger charge is -2.43. The number of anilines is 4. The van der Waals surface area contributed by atoms with Crippen LogP contribution in [0.5, 0.6) is 0 Å². The molecule has 5 amide bonds. The molecule has 3 aromatic rings. The normalized spacial score (nSPS) is 26.6. The number of aromatic nitrogens is 4. The molecule has 7 aliphatic rings. The molecule has 3 N–H and O–H groups in total. The second-order valence-electron chi connectivity index (χ2n) is 20.7. The van der Waals surface area contributed by atoms with E-state index in [-0.39, 0.29) is 54.5 Å². The van der Waals surface area contributed by atoms with Crippen molar-refractivity contribution in [2.75, 3.05) is 94.1 Å². The number of esters is 1. The zero-order chi connectivity index (χ0) is 49.2. The predicted molar refractivity (Wildman–Crippen MR) is 264 cm³/mol. The minimum atomic E-state index is -0.616. The van der Waals surface area contributed by atoms with Gasteiger partial charge in [-0.15, -0.1) is 0 Å². The van der Waals surface area contributed by atoms with Crippen LogP contribution in [0.15, 0.2) is 36.8 Å². The van der Waals surface area contributed by atoms with Gasteiger partial charge in [0.05, 0.1) is 18.5 Å². The van der Waals surface area contributed by atoms with Crippen molar-refractivity contribution >= 4 is 58.6 Å². The van der Waals surface area contributed by atoms with Gasteiger partial charge in [-0.2, -0.15) is 10.1 Å². The fourth-order valence-electron chi connectivity index (χ4n) is 12.2. The lowest BCUT2D eigenvalue weighted by atomic mass is 9.80. The second kappa shape index (κ2) is 21.3. The molecule has 10 rings (SSSR count). The number of aryl methyl sites for hydroxylation is 1. The van der Waals surface area contributed by atoms with Crippen molar-refractivity contribution < 1.29 is 33.5 Å². The van der Waals surface area contributed by atoms with Crippen molar-refractivity contribution in [3.63, 3.8) is 0 Å². The quantitative estimate of drug-likeness (QED) is 0.166. The Bertz CT molecular complexity index is 2470. The van der Waals surface area contributed by atoms with Gasteiger partial charge in [-0.1, -0.05) is 0 Å². The molecule has 1 aromatic carbocycles. The first kappa shape index (κ1) is 48.5. The lowest BCUT2D eigenvalue weighted by Crippen LogP contribution is -2.54. The number of imide groups is 1. The van der Waals surface area contributed by atoms with Crippen LogP contribution >= 0.6 is 0 Å². The maximum atomic E-state index is 13.8. The Hall–Kier alpha value is -6.15. The molecule has 380 valence electrons. The molecule has 2 aliphatic carbocycles. The monoisotopic (exact) mass is 976 g/mol. The van der Waals surface area contributed by atoms with Gasteiger partial charge in [0.25, 0.3) is 5.91 Å². The Morgan fingerprint density at radius 2 is 1.52 bits per heavy atom. The number of benzene rings is 1. The number of nitrogens with one attached hydrogen (secondary N) is 3. The van der Waals surface area contributed by atoms with Crippen LogP contribution in [0.3, 0.4) is 0 Å². The van der Waals surface area contributed by atoms with Crippen molar-refractivity contribution in [1.29, 1.82) is 0 Å². The van der Waals surface area contributed by atoms with E-state index in [2.05, 4.69) is 61.6 Å². The number of rotatable bonds is 13. The van der Waals surface area contributed by atoms with Crippen LogP contribution in [0.25, 0.3) is 0 Å². The van der Waals surface area contributed by atoms with Gasteiger partial charge in [-0.05, 0) is 101 Å². The summed E-state index contributed by atoms with van der Waals surface area (Å²) >= 11 is 0. The molecule has 20 nitrogen and oxygen atoms in total. The molecule has 1 unspecified atom stereocenters. The molecule has 7 heterocycles. The highest BCUT2D eigenvalue weighted by Crippen LogP contribution is 2.35. The molecule has 0 radical (unpaired) electrons. The van der Waals surface area contributed by atoms with E-state index in [0.717, 1.165) is 147 Å². The SMILES string of the molecule is CCOC(=O)c1cnc(Nc2cnn(C)c2)nc1NC1CCC(N2CCN(C(=O)C3CCC(C(=O)N4CCN(C[C@@H]5CCN(c6ccc7c(c6)CN(C6CCC(=O)NC6=O)C7=O)C5)CC4)CC3)CC2)CC1. The summed E-state index contributed by atoms with van der Waals surface area (Å²) in [5.74, 6) is 0.542. The van der Waals surface area contributed by atoms with E-state index in [0.29, 0.717) is 47.8 Å². The number of amides is 5. The molecule has 0 bridgehead atoms.